The SMILES string of the molecule is CCC(CC(=O)O)Nc1ncnc(OC)c1C. The third kappa shape index (κ3) is 3.58. The minimum absolute atomic E-state index is 0.0578. The monoisotopic (exact) mass is 239 g/mol. The number of methoxy groups -OCH3 is 1. The first-order valence-corrected chi connectivity index (χ1v) is 5.42. The van der Waals surface area contributed by atoms with Crippen molar-refractivity contribution in [2.75, 3.05) is 12.4 Å². The summed E-state index contributed by atoms with van der Waals surface area (Å²) in [5.74, 6) is 0.278. The van der Waals surface area contributed by atoms with E-state index in [9.17, 15) is 4.79 Å². The summed E-state index contributed by atoms with van der Waals surface area (Å²) in [6.45, 7) is 3.75. The van der Waals surface area contributed by atoms with E-state index in [0.29, 0.717) is 18.1 Å². The number of ether oxygens (including phenoxy) is 1. The summed E-state index contributed by atoms with van der Waals surface area (Å²) >= 11 is 0. The van der Waals surface area contributed by atoms with Gasteiger partial charge in [0.1, 0.15) is 12.1 Å². The third-order valence-electron chi connectivity index (χ3n) is 2.49. The van der Waals surface area contributed by atoms with Crippen LogP contribution in [0.4, 0.5) is 5.82 Å². The largest absolute Gasteiger partial charge is 0.481 e. The van der Waals surface area contributed by atoms with Crippen LogP contribution >= 0.6 is 0 Å². The molecule has 17 heavy (non-hydrogen) atoms. The number of carboxylic acid groups (broad SMARTS) is 1. The third-order valence-corrected chi connectivity index (χ3v) is 2.49. The Morgan fingerprint density at radius 3 is 2.82 bits per heavy atom. The van der Waals surface area contributed by atoms with Crippen molar-refractivity contribution < 1.29 is 14.6 Å². The number of nitrogens with one attached hydrogen (secondary N) is 1. The Balaban J connectivity index is 2.82. The van der Waals surface area contributed by atoms with Crippen LogP contribution in [0.5, 0.6) is 5.88 Å². The summed E-state index contributed by atoms with van der Waals surface area (Å²) in [6.07, 6.45) is 2.15. The van der Waals surface area contributed by atoms with Gasteiger partial charge in [-0.2, -0.15) is 0 Å². The van der Waals surface area contributed by atoms with Gasteiger partial charge in [0.25, 0.3) is 0 Å². The van der Waals surface area contributed by atoms with Crippen molar-refractivity contribution in [3.05, 3.63) is 11.9 Å². The van der Waals surface area contributed by atoms with E-state index in [0.717, 1.165) is 5.56 Å². The quantitative estimate of drug-likeness (QED) is 0.781. The highest BCUT2D eigenvalue weighted by molar-refractivity contribution is 5.68. The van der Waals surface area contributed by atoms with E-state index >= 15 is 0 Å². The molecule has 0 spiro atoms. The molecule has 0 aliphatic rings. The zero-order valence-corrected chi connectivity index (χ0v) is 10.2. The molecule has 0 saturated heterocycles. The van der Waals surface area contributed by atoms with Gasteiger partial charge in [-0.25, -0.2) is 9.97 Å². The van der Waals surface area contributed by atoms with Gasteiger partial charge in [-0.1, -0.05) is 6.92 Å². The first-order valence-electron chi connectivity index (χ1n) is 5.42. The Hall–Kier alpha value is -1.85. The molecule has 0 radical (unpaired) electrons. The summed E-state index contributed by atoms with van der Waals surface area (Å²) < 4.78 is 5.07. The molecule has 94 valence electrons. The van der Waals surface area contributed by atoms with E-state index in [2.05, 4.69) is 15.3 Å². The lowest BCUT2D eigenvalue weighted by Crippen LogP contribution is -2.23. The molecule has 1 rings (SSSR count). The van der Waals surface area contributed by atoms with Gasteiger partial charge < -0.3 is 15.2 Å². The van der Waals surface area contributed by atoms with E-state index in [-0.39, 0.29) is 12.5 Å². The van der Waals surface area contributed by atoms with Crippen LogP contribution in [0.1, 0.15) is 25.3 Å². The molecule has 0 aliphatic carbocycles. The molecule has 0 fully saturated rings. The predicted molar refractivity (Wildman–Crippen MR) is 63.3 cm³/mol. The van der Waals surface area contributed by atoms with Gasteiger partial charge in [0.05, 0.1) is 19.1 Å². The summed E-state index contributed by atoms with van der Waals surface area (Å²) in [4.78, 5) is 18.7. The van der Waals surface area contributed by atoms with Gasteiger partial charge in [0.2, 0.25) is 5.88 Å². The minimum atomic E-state index is -0.831. The Morgan fingerprint density at radius 2 is 2.29 bits per heavy atom. The molecule has 1 atom stereocenters. The molecule has 0 saturated carbocycles. The van der Waals surface area contributed by atoms with Crippen molar-refractivity contribution in [1.29, 1.82) is 0 Å². The number of carbonyl (C=O) groups is 1. The maximum absolute atomic E-state index is 10.7. The molecule has 1 aromatic rings. The van der Waals surface area contributed by atoms with Crippen molar-refractivity contribution in [1.82, 2.24) is 9.97 Å². The predicted octanol–water partition coefficient (Wildman–Crippen LogP) is 1.46. The van der Waals surface area contributed by atoms with E-state index in [1.807, 2.05) is 13.8 Å². The van der Waals surface area contributed by atoms with Gasteiger partial charge in [0.15, 0.2) is 0 Å². The lowest BCUT2D eigenvalue weighted by atomic mass is 10.1. The van der Waals surface area contributed by atoms with Crippen molar-refractivity contribution in [2.45, 2.75) is 32.7 Å². The zero-order valence-electron chi connectivity index (χ0n) is 10.2. The van der Waals surface area contributed by atoms with Crippen LogP contribution < -0.4 is 10.1 Å². The highest BCUT2D eigenvalue weighted by Gasteiger charge is 2.14. The van der Waals surface area contributed by atoms with Gasteiger partial charge in [-0.05, 0) is 13.3 Å². The van der Waals surface area contributed by atoms with Crippen LogP contribution in [0.3, 0.4) is 0 Å². The molecule has 0 bridgehead atoms. The normalized spacial score (nSPS) is 11.9. The van der Waals surface area contributed by atoms with Crippen molar-refractivity contribution in [3.8, 4) is 5.88 Å². The molecule has 6 nitrogen and oxygen atoms in total. The van der Waals surface area contributed by atoms with Crippen LogP contribution in [0.15, 0.2) is 6.33 Å². The Bertz CT molecular complexity index is 396. The number of carboxylic acids is 1. The summed E-state index contributed by atoms with van der Waals surface area (Å²) in [5.41, 5.74) is 0.777. The second-order valence-corrected chi connectivity index (χ2v) is 3.70. The first-order chi connectivity index (χ1) is 8.08. The smallest absolute Gasteiger partial charge is 0.305 e. The van der Waals surface area contributed by atoms with Crippen LogP contribution in [0, 0.1) is 6.92 Å². The van der Waals surface area contributed by atoms with Gasteiger partial charge >= 0.3 is 5.97 Å². The zero-order chi connectivity index (χ0) is 12.8. The number of aromatic nitrogens is 2. The average Bonchev–Trinajstić information content (AvgIpc) is 2.30. The van der Waals surface area contributed by atoms with E-state index in [1.54, 1.807) is 0 Å². The molecular formula is C11H17N3O3. The topological polar surface area (TPSA) is 84.3 Å². The molecule has 1 aromatic heterocycles. The molecule has 0 amide bonds. The number of anilines is 1. The number of nitrogens with zero attached hydrogens (tertiary/aromatic N) is 2. The molecule has 0 aliphatic heterocycles. The fourth-order valence-electron chi connectivity index (χ4n) is 1.49. The number of rotatable bonds is 6. The van der Waals surface area contributed by atoms with Gasteiger partial charge in [-0.3, -0.25) is 4.79 Å². The van der Waals surface area contributed by atoms with Gasteiger partial charge in [0, 0.05) is 6.04 Å². The van der Waals surface area contributed by atoms with Gasteiger partial charge in [-0.15, -0.1) is 0 Å². The minimum Gasteiger partial charge on any atom is -0.481 e. The number of hydrogen-bond donors (Lipinski definition) is 2. The molecule has 1 unspecified atom stereocenters. The van der Waals surface area contributed by atoms with Crippen LogP contribution in [-0.4, -0.2) is 34.2 Å². The van der Waals surface area contributed by atoms with Crippen LogP contribution in [-0.2, 0) is 4.79 Å². The van der Waals surface area contributed by atoms with Crippen LogP contribution in [0.25, 0.3) is 0 Å². The summed E-state index contributed by atoms with van der Waals surface area (Å²) in [5, 5.41) is 11.9. The lowest BCUT2D eigenvalue weighted by molar-refractivity contribution is -0.137. The van der Waals surface area contributed by atoms with E-state index < -0.39 is 5.97 Å². The summed E-state index contributed by atoms with van der Waals surface area (Å²) in [7, 11) is 1.54. The Kier molecular flexibility index (Phi) is 4.68. The highest BCUT2D eigenvalue weighted by atomic mass is 16.5. The molecular weight excluding hydrogens is 222 g/mol. The highest BCUT2D eigenvalue weighted by Crippen LogP contribution is 2.21. The Labute approximate surface area is 100 Å². The maximum Gasteiger partial charge on any atom is 0.305 e. The standard InChI is InChI=1S/C11H17N3O3/c1-4-8(5-9(15)16)14-10-7(2)11(17-3)13-6-12-10/h6,8H,4-5H2,1-3H3,(H,15,16)(H,12,13,14). The van der Waals surface area contributed by atoms with Crippen molar-refractivity contribution >= 4 is 11.8 Å². The lowest BCUT2D eigenvalue weighted by Gasteiger charge is -2.17. The summed E-state index contributed by atoms with van der Waals surface area (Å²) in [6, 6.07) is -0.147. The molecule has 0 aromatic carbocycles. The van der Waals surface area contributed by atoms with E-state index in [4.69, 9.17) is 9.84 Å². The second-order valence-electron chi connectivity index (χ2n) is 3.70. The second kappa shape index (κ2) is 6.03. The molecule has 2 N–H and O–H groups in total. The molecule has 6 heteroatoms. The first kappa shape index (κ1) is 13.2. The fraction of sp³-hybridized carbons (Fsp3) is 0.545. The maximum atomic E-state index is 10.7. The number of aliphatic carboxylic acids is 1. The Morgan fingerprint density at radius 1 is 1.59 bits per heavy atom. The van der Waals surface area contributed by atoms with Crippen LogP contribution in [0.2, 0.25) is 0 Å². The van der Waals surface area contributed by atoms with Crippen molar-refractivity contribution in [3.63, 3.8) is 0 Å². The number of hydrogen-bond acceptors (Lipinski definition) is 5. The fourth-order valence-corrected chi connectivity index (χ4v) is 1.49. The van der Waals surface area contributed by atoms with E-state index in [1.165, 1.54) is 13.4 Å². The average molecular weight is 239 g/mol. The molecule has 1 heterocycles. The van der Waals surface area contributed by atoms with Crippen molar-refractivity contribution in [2.24, 2.45) is 0 Å².